The second-order valence-corrected chi connectivity index (χ2v) is 8.90. The fourth-order valence-corrected chi connectivity index (χ4v) is 4.47. The average Bonchev–Trinajstić information content (AvgIpc) is 3.22. The molecule has 1 aromatic heterocycles. The quantitative estimate of drug-likeness (QED) is 0.125. The number of aromatic nitrogens is 1. The fourth-order valence-electron chi connectivity index (χ4n) is 4.47. The molecule has 4 aromatic rings. The van der Waals surface area contributed by atoms with Crippen LogP contribution >= 0.6 is 0 Å². The predicted octanol–water partition coefficient (Wildman–Crippen LogP) is 6.06. The fraction of sp³-hybridized carbons (Fsp3) is 0.0938. The SMILES string of the molecule is C=CCOc1ccc(C(O)=C2C(=O)C(=O)N(Cc3cccnc3)[C@H]2c2cccc(Oc3ccccc3)c2)cc1. The first-order valence-corrected chi connectivity index (χ1v) is 12.4. The van der Waals surface area contributed by atoms with E-state index in [1.165, 1.54) is 4.90 Å². The smallest absolute Gasteiger partial charge is 0.295 e. The van der Waals surface area contributed by atoms with Gasteiger partial charge in [-0.15, -0.1) is 0 Å². The highest BCUT2D eigenvalue weighted by Crippen LogP contribution is 2.41. The van der Waals surface area contributed by atoms with E-state index in [0.29, 0.717) is 35.0 Å². The van der Waals surface area contributed by atoms with E-state index < -0.39 is 17.7 Å². The lowest BCUT2D eigenvalue weighted by Gasteiger charge is -2.25. The minimum atomic E-state index is -0.846. The third-order valence-corrected chi connectivity index (χ3v) is 6.26. The van der Waals surface area contributed by atoms with Crippen molar-refractivity contribution < 1.29 is 24.2 Å². The molecular weight excluding hydrogens is 492 g/mol. The van der Waals surface area contributed by atoms with Gasteiger partial charge in [0.1, 0.15) is 29.6 Å². The molecule has 7 heteroatoms. The number of ketones is 1. The van der Waals surface area contributed by atoms with Gasteiger partial charge in [-0.1, -0.05) is 49.1 Å². The molecular formula is C32H26N2O5. The summed E-state index contributed by atoms with van der Waals surface area (Å²) >= 11 is 0. The Morgan fingerprint density at radius 2 is 1.69 bits per heavy atom. The number of likely N-dealkylation sites (tertiary alicyclic amines) is 1. The van der Waals surface area contributed by atoms with Gasteiger partial charge in [0, 0.05) is 24.5 Å². The molecule has 1 aliphatic rings. The van der Waals surface area contributed by atoms with E-state index in [1.54, 1.807) is 67.0 Å². The third kappa shape index (κ3) is 5.57. The number of pyridine rings is 1. The van der Waals surface area contributed by atoms with Crippen LogP contribution in [0.3, 0.4) is 0 Å². The number of hydrogen-bond acceptors (Lipinski definition) is 6. The number of benzene rings is 3. The van der Waals surface area contributed by atoms with Gasteiger partial charge in [0.15, 0.2) is 0 Å². The first-order valence-electron chi connectivity index (χ1n) is 12.4. The number of Topliss-reactive ketones (excluding diaryl/α,β-unsaturated/α-hetero) is 1. The van der Waals surface area contributed by atoms with Crippen LogP contribution in [0.25, 0.3) is 5.76 Å². The van der Waals surface area contributed by atoms with Crippen molar-refractivity contribution in [3.63, 3.8) is 0 Å². The number of aliphatic hydroxyl groups is 1. The van der Waals surface area contributed by atoms with E-state index in [-0.39, 0.29) is 17.9 Å². The van der Waals surface area contributed by atoms with Gasteiger partial charge in [-0.2, -0.15) is 0 Å². The summed E-state index contributed by atoms with van der Waals surface area (Å²) in [5.74, 6) is 0.0446. The molecule has 3 aromatic carbocycles. The standard InChI is InChI=1S/C32H26N2O5/c1-2-18-38-25-15-13-23(14-16-25)30(35)28-29(34(32(37)31(28)36)21-22-8-7-17-33-20-22)24-9-6-12-27(19-24)39-26-10-4-3-5-11-26/h2-17,19-20,29,35H,1,18,21H2/t29-/m0/s1. The van der Waals surface area contributed by atoms with Crippen LogP contribution in [-0.4, -0.2) is 33.3 Å². The summed E-state index contributed by atoms with van der Waals surface area (Å²) in [5.41, 5.74) is 1.77. The summed E-state index contributed by atoms with van der Waals surface area (Å²) in [5, 5.41) is 11.4. The van der Waals surface area contributed by atoms with Crippen LogP contribution < -0.4 is 9.47 Å². The summed E-state index contributed by atoms with van der Waals surface area (Å²) in [6.45, 7) is 4.11. The van der Waals surface area contributed by atoms with Crippen molar-refractivity contribution in [2.75, 3.05) is 6.61 Å². The average molecular weight is 519 g/mol. The Balaban J connectivity index is 1.57. The highest BCUT2D eigenvalue weighted by atomic mass is 16.5. The summed E-state index contributed by atoms with van der Waals surface area (Å²) in [4.78, 5) is 32.3. The van der Waals surface area contributed by atoms with Gasteiger partial charge in [0.25, 0.3) is 11.7 Å². The maximum absolute atomic E-state index is 13.4. The van der Waals surface area contributed by atoms with Crippen LogP contribution in [0.4, 0.5) is 0 Å². The predicted molar refractivity (Wildman–Crippen MR) is 147 cm³/mol. The molecule has 0 bridgehead atoms. The molecule has 0 unspecified atom stereocenters. The summed E-state index contributed by atoms with van der Waals surface area (Å²) in [6, 6.07) is 25.9. The Labute approximate surface area is 226 Å². The van der Waals surface area contributed by atoms with Gasteiger partial charge in [0.05, 0.1) is 11.6 Å². The molecule has 2 heterocycles. The molecule has 194 valence electrons. The van der Waals surface area contributed by atoms with Gasteiger partial charge in [-0.25, -0.2) is 0 Å². The number of carbonyl (C=O) groups is 2. The number of rotatable bonds is 9. The first-order chi connectivity index (χ1) is 19.0. The van der Waals surface area contributed by atoms with Crippen LogP contribution in [0.5, 0.6) is 17.2 Å². The van der Waals surface area contributed by atoms with Gasteiger partial charge in [-0.05, 0) is 65.7 Å². The van der Waals surface area contributed by atoms with Crippen LogP contribution in [0.1, 0.15) is 22.7 Å². The van der Waals surface area contributed by atoms with Crippen molar-refractivity contribution in [3.05, 3.63) is 138 Å². The molecule has 39 heavy (non-hydrogen) atoms. The molecule has 1 N–H and O–H groups in total. The monoisotopic (exact) mass is 518 g/mol. The number of carbonyl (C=O) groups excluding carboxylic acids is 2. The normalized spacial score (nSPS) is 16.2. The molecule has 7 nitrogen and oxygen atoms in total. The van der Waals surface area contributed by atoms with E-state index in [9.17, 15) is 14.7 Å². The molecule has 0 aliphatic carbocycles. The number of aliphatic hydroxyl groups excluding tert-OH is 1. The van der Waals surface area contributed by atoms with E-state index in [1.807, 2.05) is 42.5 Å². The molecule has 0 saturated carbocycles. The molecule has 1 amide bonds. The van der Waals surface area contributed by atoms with Crippen molar-refractivity contribution in [2.24, 2.45) is 0 Å². The lowest BCUT2D eigenvalue weighted by Crippen LogP contribution is -2.29. The van der Waals surface area contributed by atoms with Crippen molar-refractivity contribution in [1.82, 2.24) is 9.88 Å². The highest BCUT2D eigenvalue weighted by Gasteiger charge is 2.46. The number of hydrogen-bond donors (Lipinski definition) is 1. The van der Waals surface area contributed by atoms with Crippen molar-refractivity contribution >= 4 is 17.4 Å². The van der Waals surface area contributed by atoms with E-state index in [0.717, 1.165) is 5.56 Å². The summed E-state index contributed by atoms with van der Waals surface area (Å²) < 4.78 is 11.5. The van der Waals surface area contributed by atoms with E-state index in [2.05, 4.69) is 11.6 Å². The Morgan fingerprint density at radius 3 is 2.41 bits per heavy atom. The lowest BCUT2D eigenvalue weighted by molar-refractivity contribution is -0.140. The molecule has 0 spiro atoms. The molecule has 1 fully saturated rings. The van der Waals surface area contributed by atoms with Crippen molar-refractivity contribution in [1.29, 1.82) is 0 Å². The van der Waals surface area contributed by atoms with E-state index in [4.69, 9.17) is 9.47 Å². The van der Waals surface area contributed by atoms with Crippen molar-refractivity contribution in [2.45, 2.75) is 12.6 Å². The molecule has 1 atom stereocenters. The van der Waals surface area contributed by atoms with Gasteiger partial charge < -0.3 is 19.5 Å². The zero-order valence-corrected chi connectivity index (χ0v) is 21.1. The largest absolute Gasteiger partial charge is 0.507 e. The van der Waals surface area contributed by atoms with Crippen molar-refractivity contribution in [3.8, 4) is 17.2 Å². The molecule has 1 saturated heterocycles. The highest BCUT2D eigenvalue weighted by molar-refractivity contribution is 6.46. The second kappa shape index (κ2) is 11.5. The molecule has 1 aliphatic heterocycles. The zero-order chi connectivity index (χ0) is 27.2. The van der Waals surface area contributed by atoms with Gasteiger partial charge in [-0.3, -0.25) is 14.6 Å². The topological polar surface area (TPSA) is 89.0 Å². The number of amides is 1. The minimum absolute atomic E-state index is 0.000473. The third-order valence-electron chi connectivity index (χ3n) is 6.26. The number of ether oxygens (including phenoxy) is 2. The zero-order valence-electron chi connectivity index (χ0n) is 21.1. The lowest BCUT2D eigenvalue weighted by atomic mass is 9.95. The van der Waals surface area contributed by atoms with Crippen LogP contribution in [0, 0.1) is 0 Å². The van der Waals surface area contributed by atoms with Crippen LogP contribution in [-0.2, 0) is 16.1 Å². The maximum atomic E-state index is 13.4. The van der Waals surface area contributed by atoms with E-state index >= 15 is 0 Å². The Kier molecular flexibility index (Phi) is 7.50. The first kappa shape index (κ1) is 25.5. The molecule has 0 radical (unpaired) electrons. The minimum Gasteiger partial charge on any atom is -0.507 e. The Bertz CT molecular complexity index is 1520. The van der Waals surface area contributed by atoms with Gasteiger partial charge >= 0.3 is 0 Å². The number of nitrogens with zero attached hydrogens (tertiary/aromatic N) is 2. The summed E-state index contributed by atoms with van der Waals surface area (Å²) in [6.07, 6.45) is 4.92. The van der Waals surface area contributed by atoms with Crippen LogP contribution in [0.2, 0.25) is 0 Å². The second-order valence-electron chi connectivity index (χ2n) is 8.90. The summed E-state index contributed by atoms with van der Waals surface area (Å²) in [7, 11) is 0. The van der Waals surface area contributed by atoms with Gasteiger partial charge in [0.2, 0.25) is 0 Å². The number of para-hydroxylation sites is 1. The molecule has 5 rings (SSSR count). The van der Waals surface area contributed by atoms with Crippen LogP contribution in [0.15, 0.2) is 122 Å². The Hall–Kier alpha value is -5.17. The Morgan fingerprint density at radius 1 is 0.923 bits per heavy atom. The maximum Gasteiger partial charge on any atom is 0.295 e.